The monoisotopic (exact) mass is 431 g/mol. The molecule has 1 N–H and O–H groups in total. The van der Waals surface area contributed by atoms with Gasteiger partial charge in [0.2, 0.25) is 11.8 Å². The number of amides is 3. The Morgan fingerprint density at radius 2 is 1.59 bits per heavy atom. The summed E-state index contributed by atoms with van der Waals surface area (Å²) in [6.07, 6.45) is 1.38. The van der Waals surface area contributed by atoms with E-state index >= 15 is 0 Å². The van der Waals surface area contributed by atoms with Crippen LogP contribution >= 0.6 is 0 Å². The molecule has 0 aliphatic carbocycles. The molecule has 2 saturated heterocycles. The molecule has 1 atom stereocenters. The van der Waals surface area contributed by atoms with E-state index in [4.69, 9.17) is 4.74 Å². The van der Waals surface area contributed by atoms with E-state index in [1.165, 1.54) is 4.90 Å². The molecule has 10 heteroatoms. The summed E-state index contributed by atoms with van der Waals surface area (Å²) in [7, 11) is -3.06. The van der Waals surface area contributed by atoms with Gasteiger partial charge in [0.15, 0.2) is 9.84 Å². The number of likely N-dealkylation sites (tertiary alicyclic amines) is 1. The Kier molecular flexibility index (Phi) is 7.53. The standard InChI is InChI=1S/C19H33N3O6S/c1-14(17(24)21-9-11-29(26,27)12-10-21)20-16(23)13-15-5-7-22(8-6-15)18(25)28-19(2,3)4/h14-15H,5-13H2,1-4H3,(H,20,23). The predicted molar refractivity (Wildman–Crippen MR) is 108 cm³/mol. The lowest BCUT2D eigenvalue weighted by atomic mass is 9.93. The van der Waals surface area contributed by atoms with Crippen molar-refractivity contribution in [3.63, 3.8) is 0 Å². The van der Waals surface area contributed by atoms with E-state index in [-0.39, 0.29) is 48.4 Å². The topological polar surface area (TPSA) is 113 Å². The molecule has 2 aliphatic rings. The number of piperidine rings is 1. The Balaban J connectivity index is 1.73. The van der Waals surface area contributed by atoms with E-state index < -0.39 is 21.5 Å². The number of carbonyl (C=O) groups is 3. The zero-order valence-electron chi connectivity index (χ0n) is 17.8. The summed E-state index contributed by atoms with van der Waals surface area (Å²) in [5, 5.41) is 2.73. The lowest BCUT2D eigenvalue weighted by Gasteiger charge is -2.33. The molecule has 0 spiro atoms. The van der Waals surface area contributed by atoms with Gasteiger partial charge in [-0.3, -0.25) is 9.59 Å². The maximum Gasteiger partial charge on any atom is 0.410 e. The molecular weight excluding hydrogens is 398 g/mol. The van der Waals surface area contributed by atoms with Crippen molar-refractivity contribution in [3.8, 4) is 0 Å². The highest BCUT2D eigenvalue weighted by atomic mass is 32.2. The number of rotatable bonds is 4. The summed E-state index contributed by atoms with van der Waals surface area (Å²) in [6.45, 7) is 8.53. The van der Waals surface area contributed by atoms with Crippen molar-refractivity contribution in [2.24, 2.45) is 5.92 Å². The van der Waals surface area contributed by atoms with E-state index in [0.29, 0.717) is 32.4 Å². The highest BCUT2D eigenvalue weighted by Gasteiger charge is 2.30. The molecule has 0 radical (unpaired) electrons. The first-order valence-corrected chi connectivity index (χ1v) is 11.9. The van der Waals surface area contributed by atoms with E-state index in [1.54, 1.807) is 11.8 Å². The fourth-order valence-electron chi connectivity index (χ4n) is 3.48. The van der Waals surface area contributed by atoms with Crippen LogP contribution in [0.5, 0.6) is 0 Å². The zero-order valence-corrected chi connectivity index (χ0v) is 18.6. The second-order valence-corrected chi connectivity index (χ2v) is 11.2. The van der Waals surface area contributed by atoms with Gasteiger partial charge in [0.25, 0.3) is 0 Å². The Hall–Kier alpha value is -1.84. The molecule has 2 rings (SSSR count). The van der Waals surface area contributed by atoms with Gasteiger partial charge in [-0.2, -0.15) is 0 Å². The quantitative estimate of drug-likeness (QED) is 0.704. The van der Waals surface area contributed by atoms with Crippen LogP contribution in [-0.4, -0.2) is 85.5 Å². The van der Waals surface area contributed by atoms with Crippen LogP contribution in [0.15, 0.2) is 0 Å². The molecule has 2 fully saturated rings. The van der Waals surface area contributed by atoms with Crippen molar-refractivity contribution in [1.82, 2.24) is 15.1 Å². The van der Waals surface area contributed by atoms with Crippen LogP contribution in [-0.2, 0) is 24.2 Å². The fraction of sp³-hybridized carbons (Fsp3) is 0.842. The first-order valence-electron chi connectivity index (χ1n) is 10.1. The minimum atomic E-state index is -3.06. The summed E-state index contributed by atoms with van der Waals surface area (Å²) in [5.74, 6) is -0.374. The largest absolute Gasteiger partial charge is 0.444 e. The average Bonchev–Trinajstić information content (AvgIpc) is 2.60. The Morgan fingerprint density at radius 1 is 1.03 bits per heavy atom. The molecule has 1 unspecified atom stereocenters. The van der Waals surface area contributed by atoms with Gasteiger partial charge in [-0.1, -0.05) is 0 Å². The number of ether oxygens (including phenoxy) is 1. The van der Waals surface area contributed by atoms with E-state index in [9.17, 15) is 22.8 Å². The van der Waals surface area contributed by atoms with Crippen LogP contribution in [0.1, 0.15) is 47.0 Å². The second kappa shape index (κ2) is 9.32. The minimum Gasteiger partial charge on any atom is -0.444 e. The highest BCUT2D eigenvalue weighted by Crippen LogP contribution is 2.22. The van der Waals surface area contributed by atoms with Crippen molar-refractivity contribution < 1.29 is 27.5 Å². The molecule has 0 saturated carbocycles. The molecule has 0 bridgehead atoms. The maximum atomic E-state index is 12.4. The molecule has 9 nitrogen and oxygen atoms in total. The summed E-state index contributed by atoms with van der Waals surface area (Å²) >= 11 is 0. The molecule has 3 amide bonds. The summed E-state index contributed by atoms with van der Waals surface area (Å²) in [5.41, 5.74) is -0.533. The second-order valence-electron chi connectivity index (χ2n) is 8.88. The number of carbonyl (C=O) groups excluding carboxylic acids is 3. The maximum absolute atomic E-state index is 12.4. The van der Waals surface area contributed by atoms with Gasteiger partial charge < -0.3 is 19.9 Å². The SMILES string of the molecule is CC(NC(=O)CC1CCN(C(=O)OC(C)(C)C)CC1)C(=O)N1CCS(=O)(=O)CC1. The molecule has 0 aromatic heterocycles. The smallest absolute Gasteiger partial charge is 0.410 e. The first-order chi connectivity index (χ1) is 13.4. The van der Waals surface area contributed by atoms with Crippen molar-refractivity contribution in [1.29, 1.82) is 0 Å². The fourth-order valence-corrected chi connectivity index (χ4v) is 4.68. The third kappa shape index (κ3) is 7.49. The van der Waals surface area contributed by atoms with Crippen molar-refractivity contribution >= 4 is 27.7 Å². The van der Waals surface area contributed by atoms with Crippen molar-refractivity contribution in [3.05, 3.63) is 0 Å². The molecule has 0 aromatic carbocycles. The Morgan fingerprint density at radius 3 is 2.10 bits per heavy atom. The van der Waals surface area contributed by atoms with Crippen LogP contribution in [0.3, 0.4) is 0 Å². The van der Waals surface area contributed by atoms with Crippen molar-refractivity contribution in [2.45, 2.75) is 58.6 Å². The molecule has 166 valence electrons. The lowest BCUT2D eigenvalue weighted by Crippen LogP contribution is -2.52. The predicted octanol–water partition coefficient (Wildman–Crippen LogP) is 0.785. The molecule has 29 heavy (non-hydrogen) atoms. The van der Waals surface area contributed by atoms with Gasteiger partial charge in [-0.25, -0.2) is 13.2 Å². The van der Waals surface area contributed by atoms with E-state index in [0.717, 1.165) is 0 Å². The number of nitrogens with one attached hydrogen (secondary N) is 1. The molecule has 2 aliphatic heterocycles. The van der Waals surface area contributed by atoms with Gasteiger partial charge in [0, 0.05) is 32.6 Å². The van der Waals surface area contributed by atoms with Crippen molar-refractivity contribution in [2.75, 3.05) is 37.7 Å². The number of hydrogen-bond acceptors (Lipinski definition) is 6. The first kappa shape index (κ1) is 23.4. The van der Waals surface area contributed by atoms with Crippen LogP contribution < -0.4 is 5.32 Å². The molecule has 2 heterocycles. The van der Waals surface area contributed by atoms with Crippen LogP contribution in [0.4, 0.5) is 4.79 Å². The highest BCUT2D eigenvalue weighted by molar-refractivity contribution is 7.91. The number of sulfone groups is 1. The lowest BCUT2D eigenvalue weighted by molar-refractivity contribution is -0.136. The number of hydrogen-bond donors (Lipinski definition) is 1. The van der Waals surface area contributed by atoms with E-state index in [2.05, 4.69) is 5.32 Å². The molecular formula is C19H33N3O6S. The van der Waals surface area contributed by atoms with Crippen LogP contribution in [0.2, 0.25) is 0 Å². The van der Waals surface area contributed by atoms with Crippen LogP contribution in [0.25, 0.3) is 0 Å². The van der Waals surface area contributed by atoms with Gasteiger partial charge in [-0.15, -0.1) is 0 Å². The minimum absolute atomic E-state index is 0.0321. The summed E-state index contributed by atoms with van der Waals surface area (Å²) < 4.78 is 28.3. The summed E-state index contributed by atoms with van der Waals surface area (Å²) in [6, 6.07) is -0.690. The van der Waals surface area contributed by atoms with Gasteiger partial charge in [0.05, 0.1) is 11.5 Å². The van der Waals surface area contributed by atoms with Crippen LogP contribution in [0, 0.1) is 5.92 Å². The zero-order chi connectivity index (χ0) is 21.8. The Bertz CT molecular complexity index is 709. The molecule has 0 aromatic rings. The van der Waals surface area contributed by atoms with E-state index in [1.807, 2.05) is 20.8 Å². The average molecular weight is 432 g/mol. The number of nitrogens with zero attached hydrogens (tertiary/aromatic N) is 2. The third-order valence-corrected chi connectivity index (χ3v) is 6.75. The normalized spacial score (nSPS) is 21.4. The third-order valence-electron chi connectivity index (χ3n) is 5.14. The van der Waals surface area contributed by atoms with Gasteiger partial charge >= 0.3 is 6.09 Å². The summed E-state index contributed by atoms with van der Waals surface area (Å²) in [4.78, 5) is 40.0. The van der Waals surface area contributed by atoms with Gasteiger partial charge in [-0.05, 0) is 46.5 Å². The Labute approximate surface area is 173 Å². The van der Waals surface area contributed by atoms with Gasteiger partial charge in [0.1, 0.15) is 11.6 Å².